The summed E-state index contributed by atoms with van der Waals surface area (Å²) in [5.74, 6) is 1.38. The first-order valence-corrected chi connectivity index (χ1v) is 26.9. The summed E-state index contributed by atoms with van der Waals surface area (Å²) in [6.07, 6.45) is -14.4. The van der Waals surface area contributed by atoms with Crippen molar-refractivity contribution in [3.05, 3.63) is 131 Å². The molecule has 0 nitrogen and oxygen atoms in total. The molecule has 0 aliphatic heterocycles. The second-order valence-electron chi connectivity index (χ2n) is 14.6. The van der Waals surface area contributed by atoms with Crippen LogP contribution in [0, 0.1) is 6.92 Å². The normalized spacial score (nSPS) is 13.7. The first-order chi connectivity index (χ1) is 27.2. The molecule has 1 saturated carbocycles. The van der Waals surface area contributed by atoms with E-state index in [9.17, 15) is 39.5 Å². The number of fused-ring (bicyclic) bond motifs is 2. The Bertz CT molecular complexity index is 2150. The summed E-state index contributed by atoms with van der Waals surface area (Å²) >= 11 is -0.826. The molecule has 13 heteroatoms. The van der Waals surface area contributed by atoms with Gasteiger partial charge in [0.05, 0.1) is 0 Å². The molecule has 308 valence electrons. The molecule has 6 aromatic rings. The van der Waals surface area contributed by atoms with Crippen LogP contribution in [0.3, 0.4) is 0 Å². The van der Waals surface area contributed by atoms with Gasteiger partial charge in [0.15, 0.2) is 0 Å². The summed E-state index contributed by atoms with van der Waals surface area (Å²) in [6, 6.07) is 31.5. The Morgan fingerprint density at radius 3 is 1.48 bits per heavy atom. The summed E-state index contributed by atoms with van der Waals surface area (Å²) in [7, 11) is 11.0. The van der Waals surface area contributed by atoms with Gasteiger partial charge in [-0.25, -0.2) is 0 Å². The van der Waals surface area contributed by atoms with Crippen molar-refractivity contribution in [3.8, 4) is 22.3 Å². The van der Waals surface area contributed by atoms with Gasteiger partial charge in [-0.3, -0.25) is 0 Å². The zero-order valence-corrected chi connectivity index (χ0v) is 37.5. The Labute approximate surface area is 355 Å². The van der Waals surface area contributed by atoms with Crippen LogP contribution in [0.5, 0.6) is 0 Å². The molecule has 6 aromatic carbocycles. The Balaban J connectivity index is 0.000000230. The van der Waals surface area contributed by atoms with E-state index in [-0.39, 0.29) is 17.7 Å². The maximum atomic E-state index is 13.2. The molecule has 58 heavy (non-hydrogen) atoms. The zero-order valence-electron chi connectivity index (χ0n) is 32.5. The number of alkyl halides is 9. The van der Waals surface area contributed by atoms with E-state index in [4.69, 9.17) is 17.0 Å². The number of rotatable bonds is 5. The molecule has 0 atom stereocenters. The van der Waals surface area contributed by atoms with Crippen molar-refractivity contribution in [1.82, 2.24) is 0 Å². The van der Waals surface area contributed by atoms with Crippen LogP contribution in [-0.4, -0.2) is 28.0 Å². The molecular weight excluding hydrogens is 902 g/mol. The second-order valence-corrected chi connectivity index (χ2v) is 19.3. The summed E-state index contributed by atoms with van der Waals surface area (Å²) in [5, 5.41) is 4.30. The molecular formula is C45H43Cl2F9SiZr. The van der Waals surface area contributed by atoms with Gasteiger partial charge in [0.2, 0.25) is 0 Å². The van der Waals surface area contributed by atoms with E-state index in [1.807, 2.05) is 6.07 Å². The summed E-state index contributed by atoms with van der Waals surface area (Å²) in [4.78, 5) is 0. The standard InChI is InChI=1S/C23H25.C20H12F9.C2H6Si.2ClH.Zr/c1-16(2)17-10-12-19(13-11-17)22-9-5-8-20-14-21(15-23(20)22)18-6-3-4-7-18;1-11-9-13-3-2-4-15(16(13)10-11)12-5-7-14(8-6-12)17(18(21,22)23,19(24,25)26)20(27,28)29;1-3-2;;;/h5,8-16,18H,3-4,6-7H2,1-2H3;2-10H,1H3;1-2H3;2*1H;/q2*-1;;;;+4/p-2. The molecule has 2 radical (unpaired) electrons. The molecule has 1 fully saturated rings. The average molecular weight is 945 g/mol. The van der Waals surface area contributed by atoms with Crippen molar-refractivity contribution >= 4 is 48.1 Å². The number of benzene rings is 4. The molecule has 0 unspecified atom stereocenters. The molecule has 1 aliphatic rings. The van der Waals surface area contributed by atoms with E-state index < -0.39 is 50.4 Å². The molecule has 0 bridgehead atoms. The first kappa shape index (κ1) is 47.8. The van der Waals surface area contributed by atoms with Crippen molar-refractivity contribution < 1.29 is 60.4 Å². The number of halogens is 11. The van der Waals surface area contributed by atoms with Crippen LogP contribution in [-0.2, 0) is 26.3 Å². The average Bonchev–Trinajstić information content (AvgIpc) is 3.91. The van der Waals surface area contributed by atoms with E-state index in [2.05, 4.69) is 81.5 Å². The molecule has 0 N–H and O–H groups in total. The van der Waals surface area contributed by atoms with Crippen LogP contribution in [0.15, 0.2) is 109 Å². The minimum absolute atomic E-state index is 0.199. The van der Waals surface area contributed by atoms with E-state index in [1.165, 1.54) is 53.1 Å². The topological polar surface area (TPSA) is 0 Å². The van der Waals surface area contributed by atoms with E-state index in [0.717, 1.165) is 38.5 Å². The molecule has 0 spiro atoms. The summed E-state index contributed by atoms with van der Waals surface area (Å²) in [6.45, 7) is 10.6. The maximum absolute atomic E-state index is 13.2. The third-order valence-electron chi connectivity index (χ3n) is 10.3. The predicted molar refractivity (Wildman–Crippen MR) is 219 cm³/mol. The number of hydrogen-bond donors (Lipinski definition) is 0. The van der Waals surface area contributed by atoms with E-state index in [0.29, 0.717) is 16.9 Å². The SMILES string of the molecule is CC(C)c1ccc(-c2cccc3[cH-]c(C4CCCC4)cc23)cc1.C[Si]C.Cc1cc2c(-c3ccc(C(C(F)(F)F)(C(F)(F)F)C(F)(F)F)cc3)cccc2[cH-]1.[Cl][Zr+2][Cl]. The summed E-state index contributed by atoms with van der Waals surface area (Å²) < 4.78 is 119. The molecule has 0 heterocycles. The van der Waals surface area contributed by atoms with Crippen LogP contribution in [0.2, 0.25) is 13.1 Å². The van der Waals surface area contributed by atoms with Crippen LogP contribution >= 0.6 is 17.0 Å². The van der Waals surface area contributed by atoms with Gasteiger partial charge in [-0.05, 0) is 46.9 Å². The fraction of sp³-hybridized carbons (Fsp3) is 0.333. The van der Waals surface area contributed by atoms with E-state index >= 15 is 0 Å². The Hall–Kier alpha value is -2.85. The van der Waals surface area contributed by atoms with Gasteiger partial charge in [0.25, 0.3) is 5.41 Å². The van der Waals surface area contributed by atoms with Gasteiger partial charge in [0.1, 0.15) is 0 Å². The van der Waals surface area contributed by atoms with Gasteiger partial charge in [-0.1, -0.05) is 118 Å². The monoisotopic (exact) mass is 942 g/mol. The molecule has 0 aromatic heterocycles. The van der Waals surface area contributed by atoms with Gasteiger partial charge in [-0.15, -0.1) is 69.1 Å². The van der Waals surface area contributed by atoms with Crippen molar-refractivity contribution in [1.29, 1.82) is 0 Å². The Kier molecular flexibility index (Phi) is 16.6. The van der Waals surface area contributed by atoms with Gasteiger partial charge in [-0.2, -0.15) is 51.6 Å². The third kappa shape index (κ3) is 10.5. The Morgan fingerprint density at radius 1 is 0.638 bits per heavy atom. The van der Waals surface area contributed by atoms with Crippen LogP contribution in [0.1, 0.15) is 73.6 Å². The van der Waals surface area contributed by atoms with Crippen LogP contribution < -0.4 is 0 Å². The molecule has 0 amide bonds. The second kappa shape index (κ2) is 20.1. The minimum atomic E-state index is -6.63. The predicted octanol–water partition coefficient (Wildman–Crippen LogP) is 16.6. The number of aryl methyl sites for hydroxylation is 1. The molecule has 0 saturated heterocycles. The van der Waals surface area contributed by atoms with Crippen LogP contribution in [0.25, 0.3) is 43.8 Å². The Morgan fingerprint density at radius 2 is 1.05 bits per heavy atom. The van der Waals surface area contributed by atoms with Gasteiger partial charge in [0, 0.05) is 9.52 Å². The van der Waals surface area contributed by atoms with Crippen molar-refractivity contribution in [2.75, 3.05) is 0 Å². The van der Waals surface area contributed by atoms with Gasteiger partial charge >= 0.3 is 56.4 Å². The van der Waals surface area contributed by atoms with Gasteiger partial charge < -0.3 is 0 Å². The van der Waals surface area contributed by atoms with Crippen molar-refractivity contribution in [2.24, 2.45) is 0 Å². The molecule has 1 aliphatic carbocycles. The van der Waals surface area contributed by atoms with E-state index in [1.54, 1.807) is 36.8 Å². The van der Waals surface area contributed by atoms with Crippen molar-refractivity contribution in [3.63, 3.8) is 0 Å². The summed E-state index contributed by atoms with van der Waals surface area (Å²) in [5.41, 5.74) is -0.656. The molecule has 7 rings (SSSR count). The third-order valence-corrected chi connectivity index (χ3v) is 10.3. The number of hydrogen-bond acceptors (Lipinski definition) is 0. The van der Waals surface area contributed by atoms with Crippen molar-refractivity contribution in [2.45, 2.75) is 95.3 Å². The zero-order chi connectivity index (χ0) is 43.1. The quantitative estimate of drug-likeness (QED) is 0.0918. The first-order valence-electron chi connectivity index (χ1n) is 18.6. The van der Waals surface area contributed by atoms with Crippen LogP contribution in [0.4, 0.5) is 39.5 Å². The fourth-order valence-electron chi connectivity index (χ4n) is 7.56. The fourth-order valence-corrected chi connectivity index (χ4v) is 7.56.